The van der Waals surface area contributed by atoms with Gasteiger partial charge in [-0.05, 0) is 11.1 Å². The molecule has 2 rings (SSSR count). The molecule has 0 bridgehead atoms. The Hall–Kier alpha value is -0.194. The molecule has 0 aliphatic rings. The second-order valence-corrected chi connectivity index (χ2v) is 6.42. The number of nitrogens with zero attached hydrogens (tertiary/aromatic N) is 1. The van der Waals surface area contributed by atoms with Crippen LogP contribution in [0.3, 0.4) is 0 Å². The van der Waals surface area contributed by atoms with E-state index < -0.39 is 10.4 Å². The SMILES string of the molecule is O=S(=O)([O-])O/N=C(\Cc1ccccc1)SCc1ccccc1.[K+]. The van der Waals surface area contributed by atoms with Gasteiger partial charge in [-0.25, -0.2) is 0 Å². The van der Waals surface area contributed by atoms with Gasteiger partial charge in [-0.3, -0.25) is 4.28 Å². The fourth-order valence-electron chi connectivity index (χ4n) is 1.71. The van der Waals surface area contributed by atoms with Crippen molar-refractivity contribution in [2.45, 2.75) is 12.2 Å². The summed E-state index contributed by atoms with van der Waals surface area (Å²) < 4.78 is 35.7. The Morgan fingerprint density at radius 3 is 2.04 bits per heavy atom. The van der Waals surface area contributed by atoms with Gasteiger partial charge in [-0.2, -0.15) is 8.42 Å². The van der Waals surface area contributed by atoms with Crippen LogP contribution in [0.1, 0.15) is 11.1 Å². The fraction of sp³-hybridized carbons (Fsp3) is 0.133. The zero-order chi connectivity index (χ0) is 15.8. The zero-order valence-corrected chi connectivity index (χ0v) is 17.3. The number of rotatable bonds is 6. The maximum atomic E-state index is 10.6. The molecule has 0 atom stereocenters. The summed E-state index contributed by atoms with van der Waals surface area (Å²) in [6.45, 7) is 0. The van der Waals surface area contributed by atoms with E-state index in [1.165, 1.54) is 11.8 Å². The Morgan fingerprint density at radius 2 is 1.52 bits per heavy atom. The predicted octanol–water partition coefficient (Wildman–Crippen LogP) is -0.0432. The van der Waals surface area contributed by atoms with Crippen molar-refractivity contribution in [1.82, 2.24) is 0 Å². The van der Waals surface area contributed by atoms with E-state index in [0.29, 0.717) is 17.2 Å². The third-order valence-electron chi connectivity index (χ3n) is 2.68. The van der Waals surface area contributed by atoms with Gasteiger partial charge >= 0.3 is 51.4 Å². The molecule has 0 aromatic heterocycles. The molecule has 0 heterocycles. The van der Waals surface area contributed by atoms with E-state index in [1.54, 1.807) is 0 Å². The summed E-state index contributed by atoms with van der Waals surface area (Å²) in [5.41, 5.74) is 2.02. The quantitative estimate of drug-likeness (QED) is 0.177. The molecule has 0 radical (unpaired) electrons. The molecule has 23 heavy (non-hydrogen) atoms. The fourth-order valence-corrected chi connectivity index (χ4v) is 2.82. The van der Waals surface area contributed by atoms with Crippen molar-refractivity contribution >= 4 is 27.2 Å². The number of thioether (sulfide) groups is 1. The maximum Gasteiger partial charge on any atom is 1.00 e. The Labute approximate surface area is 182 Å². The molecule has 0 saturated heterocycles. The third-order valence-corrected chi connectivity index (χ3v) is 3.96. The number of benzene rings is 2. The first kappa shape index (κ1) is 20.9. The Balaban J connectivity index is 0.00000264. The van der Waals surface area contributed by atoms with Gasteiger partial charge < -0.3 is 4.55 Å². The molecule has 5 nitrogen and oxygen atoms in total. The number of hydrogen-bond acceptors (Lipinski definition) is 6. The molecule has 0 spiro atoms. The molecule has 0 aliphatic carbocycles. The Bertz CT molecular complexity index is 722. The van der Waals surface area contributed by atoms with Crippen molar-refractivity contribution in [1.29, 1.82) is 0 Å². The van der Waals surface area contributed by atoms with Crippen LogP contribution in [0.4, 0.5) is 0 Å². The van der Waals surface area contributed by atoms with Crippen molar-refractivity contribution in [2.24, 2.45) is 5.16 Å². The molecule has 0 N–H and O–H groups in total. The van der Waals surface area contributed by atoms with E-state index in [2.05, 4.69) is 9.44 Å². The monoisotopic (exact) mass is 375 g/mol. The molecule has 0 aliphatic heterocycles. The van der Waals surface area contributed by atoms with Crippen LogP contribution < -0.4 is 51.4 Å². The predicted molar refractivity (Wildman–Crippen MR) is 86.1 cm³/mol. The standard InChI is InChI=1S/C15H15NO4S2.K/c17-22(18,19)20-16-15(11-13-7-3-1-4-8-13)21-12-14-9-5-2-6-10-14;/h1-10H,11-12H2,(H,17,18,19);/q;+1/p-1/b16-15+;. The summed E-state index contributed by atoms with van der Waals surface area (Å²) in [6, 6.07) is 19.1. The minimum Gasteiger partial charge on any atom is -0.714 e. The van der Waals surface area contributed by atoms with Gasteiger partial charge in [-0.15, -0.1) is 11.8 Å². The molecule has 0 unspecified atom stereocenters. The summed E-state index contributed by atoms with van der Waals surface area (Å²) in [4.78, 5) is 0. The van der Waals surface area contributed by atoms with Crippen LogP contribution in [0.25, 0.3) is 0 Å². The minimum absolute atomic E-state index is 0. The van der Waals surface area contributed by atoms with Crippen molar-refractivity contribution in [3.63, 3.8) is 0 Å². The second kappa shape index (κ2) is 10.6. The van der Waals surface area contributed by atoms with Crippen LogP contribution in [-0.4, -0.2) is 18.0 Å². The van der Waals surface area contributed by atoms with Gasteiger partial charge in [0.2, 0.25) is 0 Å². The molecular formula is C15H14KNO4S2. The van der Waals surface area contributed by atoms with Gasteiger partial charge in [0.05, 0.1) is 0 Å². The van der Waals surface area contributed by atoms with Crippen molar-refractivity contribution in [3.05, 3.63) is 71.8 Å². The Morgan fingerprint density at radius 1 is 1.00 bits per heavy atom. The van der Waals surface area contributed by atoms with Crippen LogP contribution in [0.2, 0.25) is 0 Å². The summed E-state index contributed by atoms with van der Waals surface area (Å²) in [5, 5.41) is 3.91. The molecule has 2 aromatic carbocycles. The van der Waals surface area contributed by atoms with E-state index in [1.807, 2.05) is 60.7 Å². The second-order valence-electron chi connectivity index (χ2n) is 4.40. The van der Waals surface area contributed by atoms with Gasteiger partial charge in [-0.1, -0.05) is 65.8 Å². The van der Waals surface area contributed by atoms with Crippen LogP contribution in [-0.2, 0) is 26.9 Å². The molecule has 0 saturated carbocycles. The first-order chi connectivity index (χ1) is 10.5. The van der Waals surface area contributed by atoms with E-state index >= 15 is 0 Å². The van der Waals surface area contributed by atoms with E-state index in [-0.39, 0.29) is 51.4 Å². The normalized spacial score (nSPS) is 11.6. The van der Waals surface area contributed by atoms with E-state index in [9.17, 15) is 13.0 Å². The first-order valence-corrected chi connectivity index (χ1v) is 8.77. The van der Waals surface area contributed by atoms with Gasteiger partial charge in [0.1, 0.15) is 5.04 Å². The first-order valence-electron chi connectivity index (χ1n) is 6.45. The maximum absolute atomic E-state index is 10.6. The Kier molecular flexibility index (Phi) is 9.63. The van der Waals surface area contributed by atoms with Crippen molar-refractivity contribution in [2.75, 3.05) is 0 Å². The minimum atomic E-state index is -4.85. The molecule has 116 valence electrons. The summed E-state index contributed by atoms with van der Waals surface area (Å²) >= 11 is 1.33. The topological polar surface area (TPSA) is 78.8 Å². The number of oxime groups is 1. The van der Waals surface area contributed by atoms with E-state index in [4.69, 9.17) is 0 Å². The smallest absolute Gasteiger partial charge is 0.714 e. The summed E-state index contributed by atoms with van der Waals surface area (Å²) in [7, 11) is -4.85. The van der Waals surface area contributed by atoms with Crippen LogP contribution in [0.5, 0.6) is 0 Å². The number of hydrogen-bond donors (Lipinski definition) is 0. The molecular weight excluding hydrogens is 361 g/mol. The molecule has 8 heteroatoms. The van der Waals surface area contributed by atoms with Gasteiger partial charge in [0, 0.05) is 12.2 Å². The average molecular weight is 376 g/mol. The van der Waals surface area contributed by atoms with Crippen LogP contribution >= 0.6 is 11.8 Å². The van der Waals surface area contributed by atoms with Crippen molar-refractivity contribution < 1.29 is 68.6 Å². The average Bonchev–Trinajstić information content (AvgIpc) is 2.51. The van der Waals surface area contributed by atoms with Gasteiger partial charge in [0.15, 0.2) is 0 Å². The molecule has 0 amide bonds. The van der Waals surface area contributed by atoms with E-state index in [0.717, 1.165) is 11.1 Å². The van der Waals surface area contributed by atoms with Crippen molar-refractivity contribution in [3.8, 4) is 0 Å². The van der Waals surface area contributed by atoms with Crippen LogP contribution in [0.15, 0.2) is 65.8 Å². The summed E-state index contributed by atoms with van der Waals surface area (Å²) in [5.74, 6) is 0.606. The zero-order valence-electron chi connectivity index (χ0n) is 12.6. The van der Waals surface area contributed by atoms with Crippen LogP contribution in [0, 0.1) is 0 Å². The largest absolute Gasteiger partial charge is 1.00 e. The summed E-state index contributed by atoms with van der Waals surface area (Å²) in [6.07, 6.45) is 0.397. The van der Waals surface area contributed by atoms with Gasteiger partial charge in [0.25, 0.3) is 10.4 Å². The third kappa shape index (κ3) is 9.01. The molecule has 2 aromatic rings. The molecule has 0 fully saturated rings.